The van der Waals surface area contributed by atoms with Crippen molar-refractivity contribution in [3.05, 3.63) is 81.5 Å². The van der Waals surface area contributed by atoms with Gasteiger partial charge in [-0.05, 0) is 30.7 Å². The highest BCUT2D eigenvalue weighted by molar-refractivity contribution is 6.33. The van der Waals surface area contributed by atoms with Crippen molar-refractivity contribution in [3.63, 3.8) is 0 Å². The van der Waals surface area contributed by atoms with Crippen molar-refractivity contribution in [1.29, 1.82) is 0 Å². The summed E-state index contributed by atoms with van der Waals surface area (Å²) in [6.45, 7) is 0.928. The van der Waals surface area contributed by atoms with Crippen molar-refractivity contribution in [1.82, 2.24) is 19.7 Å². The molecule has 1 aliphatic heterocycles. The zero-order valence-corrected chi connectivity index (χ0v) is 16.3. The fourth-order valence-electron chi connectivity index (χ4n) is 3.29. The second-order valence-corrected chi connectivity index (χ2v) is 7.16. The summed E-state index contributed by atoms with van der Waals surface area (Å²) in [4.78, 5) is 30.8. The molecule has 2 aromatic heterocycles. The molecule has 4 rings (SSSR count). The van der Waals surface area contributed by atoms with E-state index >= 15 is 0 Å². The summed E-state index contributed by atoms with van der Waals surface area (Å²) < 4.78 is 27.9. The number of benzene rings is 1. The van der Waals surface area contributed by atoms with Crippen LogP contribution in [0, 0.1) is 11.6 Å². The van der Waals surface area contributed by atoms with Crippen molar-refractivity contribution in [2.45, 2.75) is 12.5 Å². The molecule has 30 heavy (non-hydrogen) atoms. The lowest BCUT2D eigenvalue weighted by atomic mass is 10.2. The van der Waals surface area contributed by atoms with E-state index in [1.54, 1.807) is 29.3 Å². The van der Waals surface area contributed by atoms with Gasteiger partial charge in [0, 0.05) is 31.4 Å². The third-order valence-electron chi connectivity index (χ3n) is 4.78. The first-order valence-corrected chi connectivity index (χ1v) is 9.52. The number of halogens is 3. The number of rotatable bonds is 4. The zero-order chi connectivity index (χ0) is 21.3. The van der Waals surface area contributed by atoms with E-state index in [1.807, 2.05) is 0 Å². The van der Waals surface area contributed by atoms with Crippen LogP contribution in [0.25, 0.3) is 5.69 Å². The average Bonchev–Trinajstić information content (AvgIpc) is 3.21. The molecule has 7 nitrogen and oxygen atoms in total. The lowest BCUT2D eigenvalue weighted by Gasteiger charge is -2.18. The van der Waals surface area contributed by atoms with Crippen LogP contribution in [0.1, 0.15) is 16.9 Å². The normalized spacial score (nSPS) is 16.0. The summed E-state index contributed by atoms with van der Waals surface area (Å²) in [6, 6.07) is 7.79. The van der Waals surface area contributed by atoms with Crippen LogP contribution in [0.5, 0.6) is 0 Å². The summed E-state index contributed by atoms with van der Waals surface area (Å²) in [5, 5.41) is 6.88. The molecule has 10 heteroatoms. The van der Waals surface area contributed by atoms with E-state index in [0.717, 1.165) is 16.8 Å². The van der Waals surface area contributed by atoms with Gasteiger partial charge in [0.15, 0.2) is 5.82 Å². The lowest BCUT2D eigenvalue weighted by molar-refractivity contribution is 0.0786. The Hall–Kier alpha value is -3.33. The minimum atomic E-state index is -0.930. The molecule has 0 bridgehead atoms. The van der Waals surface area contributed by atoms with Crippen LogP contribution in [0.3, 0.4) is 0 Å². The maximum absolute atomic E-state index is 14.0. The molecule has 1 amide bonds. The van der Waals surface area contributed by atoms with Gasteiger partial charge in [-0.1, -0.05) is 17.7 Å². The predicted molar refractivity (Wildman–Crippen MR) is 107 cm³/mol. The molecule has 0 aliphatic carbocycles. The Bertz CT molecular complexity index is 1160. The molecule has 1 saturated heterocycles. The van der Waals surface area contributed by atoms with E-state index in [4.69, 9.17) is 11.6 Å². The summed E-state index contributed by atoms with van der Waals surface area (Å²) in [5.41, 5.74) is -0.311. The van der Waals surface area contributed by atoms with Crippen LogP contribution in [0.2, 0.25) is 5.02 Å². The fourth-order valence-corrected chi connectivity index (χ4v) is 3.48. The molecule has 3 heterocycles. The second-order valence-electron chi connectivity index (χ2n) is 6.78. The van der Waals surface area contributed by atoms with Crippen molar-refractivity contribution in [2.75, 3.05) is 18.4 Å². The van der Waals surface area contributed by atoms with Crippen LogP contribution < -0.4 is 10.9 Å². The first kappa shape index (κ1) is 20.0. The van der Waals surface area contributed by atoms with Crippen molar-refractivity contribution < 1.29 is 13.6 Å². The maximum atomic E-state index is 14.0. The summed E-state index contributed by atoms with van der Waals surface area (Å²) >= 11 is 6.18. The van der Waals surface area contributed by atoms with Crippen LogP contribution in [-0.4, -0.2) is 44.7 Å². The Morgan fingerprint density at radius 3 is 2.80 bits per heavy atom. The highest BCUT2D eigenvalue weighted by atomic mass is 35.5. The Morgan fingerprint density at radius 2 is 2.07 bits per heavy atom. The van der Waals surface area contributed by atoms with Gasteiger partial charge in [-0.2, -0.15) is 9.78 Å². The summed E-state index contributed by atoms with van der Waals surface area (Å²) in [6.07, 6.45) is 3.50. The van der Waals surface area contributed by atoms with Gasteiger partial charge in [-0.25, -0.2) is 8.78 Å². The quantitative estimate of drug-likeness (QED) is 0.687. The van der Waals surface area contributed by atoms with E-state index in [2.05, 4.69) is 15.4 Å². The van der Waals surface area contributed by atoms with Crippen LogP contribution in [0.4, 0.5) is 14.5 Å². The number of aromatic nitrogens is 3. The standard InChI is InChI=1S/C20H16ClF2N5O2/c21-18-16(10-25-28(20(18)30)17-5-4-12(22)9-14(17)23)26-13-6-8-27(11-13)19(29)15-3-1-2-7-24-15/h1-5,7,9-10,13,26H,6,8,11H2. The molecule has 3 aromatic rings. The number of hydrogen-bond acceptors (Lipinski definition) is 5. The Kier molecular flexibility index (Phi) is 5.45. The number of carbonyl (C=O) groups excluding carboxylic acids is 1. The molecule has 0 spiro atoms. The van der Waals surface area contributed by atoms with Gasteiger partial charge in [0.25, 0.3) is 11.5 Å². The van der Waals surface area contributed by atoms with Gasteiger partial charge in [0.05, 0.1) is 11.9 Å². The Balaban J connectivity index is 1.50. The Morgan fingerprint density at radius 1 is 1.23 bits per heavy atom. The number of pyridine rings is 1. The van der Waals surface area contributed by atoms with Gasteiger partial charge in [-0.3, -0.25) is 14.6 Å². The zero-order valence-electron chi connectivity index (χ0n) is 15.6. The van der Waals surface area contributed by atoms with Crippen molar-refractivity contribution >= 4 is 23.2 Å². The molecule has 1 atom stereocenters. The SMILES string of the molecule is O=C(c1ccccn1)N1CCC(Nc2cnn(-c3ccc(F)cc3F)c(=O)c2Cl)C1. The van der Waals surface area contributed by atoms with Crippen LogP contribution in [0.15, 0.2) is 53.6 Å². The number of hydrogen-bond donors (Lipinski definition) is 1. The van der Waals surface area contributed by atoms with Crippen LogP contribution in [-0.2, 0) is 0 Å². The average molecular weight is 432 g/mol. The van der Waals surface area contributed by atoms with E-state index in [1.165, 1.54) is 6.20 Å². The Labute approximate surface area is 174 Å². The molecule has 154 valence electrons. The number of anilines is 1. The van der Waals surface area contributed by atoms with Crippen molar-refractivity contribution in [2.24, 2.45) is 0 Å². The largest absolute Gasteiger partial charge is 0.378 e. The van der Waals surface area contributed by atoms with Gasteiger partial charge in [0.1, 0.15) is 22.2 Å². The second kappa shape index (κ2) is 8.19. The lowest BCUT2D eigenvalue weighted by Crippen LogP contribution is -2.32. The van der Waals surface area contributed by atoms with Gasteiger partial charge in [-0.15, -0.1) is 0 Å². The first-order chi connectivity index (χ1) is 14.4. The molecule has 1 fully saturated rings. The number of nitrogens with one attached hydrogen (secondary N) is 1. The topological polar surface area (TPSA) is 80.1 Å². The van der Waals surface area contributed by atoms with Gasteiger partial charge in [0.2, 0.25) is 0 Å². The van der Waals surface area contributed by atoms with Gasteiger partial charge >= 0.3 is 0 Å². The number of amides is 1. The maximum Gasteiger partial charge on any atom is 0.292 e. The molecule has 1 aromatic carbocycles. The fraction of sp³-hybridized carbons (Fsp3) is 0.200. The third kappa shape index (κ3) is 3.88. The highest BCUT2D eigenvalue weighted by Gasteiger charge is 2.28. The minimum absolute atomic E-state index is 0.144. The molecule has 1 unspecified atom stereocenters. The molecule has 1 N–H and O–H groups in total. The molecule has 0 saturated carbocycles. The number of carbonyl (C=O) groups is 1. The monoisotopic (exact) mass is 431 g/mol. The van der Waals surface area contributed by atoms with Gasteiger partial charge < -0.3 is 10.2 Å². The molecule has 1 aliphatic rings. The molecular weight excluding hydrogens is 416 g/mol. The first-order valence-electron chi connectivity index (χ1n) is 9.14. The predicted octanol–water partition coefficient (Wildman–Crippen LogP) is 2.89. The number of nitrogens with zero attached hydrogens (tertiary/aromatic N) is 4. The van der Waals surface area contributed by atoms with Crippen molar-refractivity contribution in [3.8, 4) is 5.69 Å². The third-order valence-corrected chi connectivity index (χ3v) is 5.14. The summed E-state index contributed by atoms with van der Waals surface area (Å²) in [5.74, 6) is -1.87. The van der Waals surface area contributed by atoms with Crippen LogP contribution >= 0.6 is 11.6 Å². The smallest absolute Gasteiger partial charge is 0.292 e. The number of likely N-dealkylation sites (tertiary alicyclic amines) is 1. The molecular formula is C20H16ClF2N5O2. The minimum Gasteiger partial charge on any atom is -0.378 e. The van der Waals surface area contributed by atoms with E-state index in [-0.39, 0.29) is 28.3 Å². The van der Waals surface area contributed by atoms with E-state index < -0.39 is 17.2 Å². The highest BCUT2D eigenvalue weighted by Crippen LogP contribution is 2.22. The van der Waals surface area contributed by atoms with E-state index in [0.29, 0.717) is 31.3 Å². The summed E-state index contributed by atoms with van der Waals surface area (Å²) in [7, 11) is 0. The van der Waals surface area contributed by atoms with E-state index in [9.17, 15) is 18.4 Å². The molecule has 0 radical (unpaired) electrons.